The van der Waals surface area contributed by atoms with E-state index in [2.05, 4.69) is 5.32 Å². The Balaban J connectivity index is 1.49. The fraction of sp³-hybridized carbons (Fsp3) is 0.941. The zero-order valence-electron chi connectivity index (χ0n) is 14.9. The van der Waals surface area contributed by atoms with Gasteiger partial charge in [0.2, 0.25) is 0 Å². The molecule has 1 unspecified atom stereocenters. The molecule has 0 aromatic rings. The summed E-state index contributed by atoms with van der Waals surface area (Å²) in [7, 11) is 0. The fourth-order valence-electron chi connectivity index (χ4n) is 4.12. The van der Waals surface area contributed by atoms with Crippen molar-refractivity contribution in [3.8, 4) is 0 Å². The second-order valence-electron chi connectivity index (χ2n) is 8.61. The van der Waals surface area contributed by atoms with Crippen molar-refractivity contribution in [3.05, 3.63) is 0 Å². The van der Waals surface area contributed by atoms with Crippen LogP contribution in [-0.4, -0.2) is 72.7 Å². The van der Waals surface area contributed by atoms with Gasteiger partial charge in [-0.1, -0.05) is 0 Å². The quantitative estimate of drug-likeness (QED) is 0.792. The Morgan fingerprint density at radius 2 is 1.83 bits per heavy atom. The lowest BCUT2D eigenvalue weighted by Gasteiger charge is -2.55. The van der Waals surface area contributed by atoms with Crippen molar-refractivity contribution in [2.24, 2.45) is 5.41 Å². The monoisotopic (exact) mass is 345 g/mol. The molecule has 138 valence electrons. The van der Waals surface area contributed by atoms with Crippen LogP contribution in [0, 0.1) is 5.41 Å². The molecule has 5 nitrogen and oxygen atoms in total. The molecule has 3 rings (SSSR count). The van der Waals surface area contributed by atoms with Gasteiger partial charge in [-0.3, -0.25) is 4.90 Å². The van der Waals surface area contributed by atoms with E-state index >= 15 is 0 Å². The third-order valence-electron chi connectivity index (χ3n) is 5.45. The first-order chi connectivity index (χ1) is 11.1. The average Bonchev–Trinajstić information content (AvgIpc) is 2.43. The number of alkyl halides is 2. The molecule has 1 N–H and O–H groups in total. The number of piperidine rings is 2. The van der Waals surface area contributed by atoms with Gasteiger partial charge >= 0.3 is 6.09 Å². The molecule has 7 heteroatoms. The molecule has 3 saturated heterocycles. The van der Waals surface area contributed by atoms with E-state index in [4.69, 9.17) is 4.74 Å². The van der Waals surface area contributed by atoms with Gasteiger partial charge in [0.1, 0.15) is 5.60 Å². The van der Waals surface area contributed by atoms with Gasteiger partial charge in [-0.2, -0.15) is 0 Å². The Labute approximate surface area is 142 Å². The molecule has 0 radical (unpaired) electrons. The van der Waals surface area contributed by atoms with Crippen LogP contribution in [-0.2, 0) is 4.74 Å². The van der Waals surface area contributed by atoms with E-state index in [0.717, 1.165) is 12.8 Å². The molecule has 1 spiro atoms. The summed E-state index contributed by atoms with van der Waals surface area (Å²) < 4.78 is 33.6. The van der Waals surface area contributed by atoms with Crippen molar-refractivity contribution in [2.45, 2.75) is 57.6 Å². The van der Waals surface area contributed by atoms with Crippen molar-refractivity contribution in [1.29, 1.82) is 0 Å². The van der Waals surface area contributed by atoms with Gasteiger partial charge < -0.3 is 15.0 Å². The third kappa shape index (κ3) is 3.67. The number of ether oxygens (including phenoxy) is 1. The van der Waals surface area contributed by atoms with E-state index in [1.165, 1.54) is 0 Å². The maximum atomic E-state index is 14.1. The minimum atomic E-state index is -2.65. The molecular formula is C17H29F2N3O2. The van der Waals surface area contributed by atoms with E-state index in [1.54, 1.807) is 4.90 Å². The number of rotatable bonds is 1. The summed E-state index contributed by atoms with van der Waals surface area (Å²) in [6.45, 7) is 8.80. The molecule has 0 aromatic carbocycles. The summed E-state index contributed by atoms with van der Waals surface area (Å²) in [6.07, 6.45) is 2.00. The van der Waals surface area contributed by atoms with Gasteiger partial charge in [0.05, 0.1) is 12.6 Å². The Morgan fingerprint density at radius 1 is 1.21 bits per heavy atom. The minimum Gasteiger partial charge on any atom is -0.444 e. The zero-order chi connectivity index (χ0) is 17.6. The second kappa shape index (κ2) is 6.09. The fourth-order valence-corrected chi connectivity index (χ4v) is 4.12. The summed E-state index contributed by atoms with van der Waals surface area (Å²) in [4.78, 5) is 15.7. The molecule has 0 aliphatic carbocycles. The van der Waals surface area contributed by atoms with Crippen LogP contribution in [0.15, 0.2) is 0 Å². The van der Waals surface area contributed by atoms with Gasteiger partial charge in [-0.15, -0.1) is 0 Å². The zero-order valence-corrected chi connectivity index (χ0v) is 14.9. The summed E-state index contributed by atoms with van der Waals surface area (Å²) in [5.41, 5.74) is -0.376. The summed E-state index contributed by atoms with van der Waals surface area (Å²) in [5, 5.41) is 2.78. The number of nitrogens with zero attached hydrogens (tertiary/aromatic N) is 2. The average molecular weight is 345 g/mol. The molecule has 0 bridgehead atoms. The number of nitrogens with one attached hydrogen (secondary N) is 1. The van der Waals surface area contributed by atoms with E-state index in [0.29, 0.717) is 39.1 Å². The minimum absolute atomic E-state index is 0.107. The Hall–Kier alpha value is -0.950. The Morgan fingerprint density at radius 3 is 2.38 bits per heavy atom. The van der Waals surface area contributed by atoms with Gasteiger partial charge in [0, 0.05) is 18.5 Å². The lowest BCUT2D eigenvalue weighted by atomic mass is 9.71. The predicted octanol–water partition coefficient (Wildman–Crippen LogP) is 2.32. The second-order valence-corrected chi connectivity index (χ2v) is 8.61. The molecule has 3 aliphatic heterocycles. The maximum absolute atomic E-state index is 14.1. The van der Waals surface area contributed by atoms with Crippen molar-refractivity contribution in [1.82, 2.24) is 15.1 Å². The number of carbonyl (C=O) groups is 1. The van der Waals surface area contributed by atoms with E-state index in [-0.39, 0.29) is 18.1 Å². The number of hydrogen-bond donors (Lipinski definition) is 1. The van der Waals surface area contributed by atoms with Crippen LogP contribution in [0.1, 0.15) is 40.0 Å². The molecule has 3 aliphatic rings. The lowest BCUT2D eigenvalue weighted by Crippen LogP contribution is -2.65. The van der Waals surface area contributed by atoms with Crippen LogP contribution >= 0.6 is 0 Å². The van der Waals surface area contributed by atoms with Crippen LogP contribution in [0.5, 0.6) is 0 Å². The molecule has 1 atom stereocenters. The predicted molar refractivity (Wildman–Crippen MR) is 87.3 cm³/mol. The smallest absolute Gasteiger partial charge is 0.410 e. The van der Waals surface area contributed by atoms with Gasteiger partial charge in [0.15, 0.2) is 0 Å². The Bertz CT molecular complexity index is 477. The molecule has 3 fully saturated rings. The highest BCUT2D eigenvalue weighted by atomic mass is 19.3. The van der Waals surface area contributed by atoms with Crippen LogP contribution in [0.3, 0.4) is 0 Å². The lowest BCUT2D eigenvalue weighted by molar-refractivity contribution is -0.120. The number of hydrogen-bond acceptors (Lipinski definition) is 4. The number of carbonyl (C=O) groups excluding carboxylic acids is 1. The van der Waals surface area contributed by atoms with Crippen LogP contribution in [0.25, 0.3) is 0 Å². The first-order valence-electron chi connectivity index (χ1n) is 8.91. The number of likely N-dealkylation sites (tertiary alicyclic amines) is 2. The SMILES string of the molecule is CC(C)(C)OC(=O)N1CC2(CCN(C3CCNCC3(F)F)CC2)C1. The summed E-state index contributed by atoms with van der Waals surface area (Å²) in [6, 6.07) is -0.641. The standard InChI is InChI=1S/C17H29F2N3O2/c1-15(2,3)24-14(23)22-11-16(12-22)5-8-21(9-6-16)13-4-7-20-10-17(13,18)19/h13,20H,4-12H2,1-3H3. The van der Waals surface area contributed by atoms with Crippen molar-refractivity contribution < 1.29 is 18.3 Å². The van der Waals surface area contributed by atoms with E-state index in [9.17, 15) is 13.6 Å². The van der Waals surface area contributed by atoms with Gasteiger partial charge in [0.25, 0.3) is 5.92 Å². The van der Waals surface area contributed by atoms with Crippen molar-refractivity contribution >= 4 is 6.09 Å². The highest BCUT2D eigenvalue weighted by Crippen LogP contribution is 2.42. The van der Waals surface area contributed by atoms with E-state index in [1.807, 2.05) is 25.7 Å². The third-order valence-corrected chi connectivity index (χ3v) is 5.45. The molecule has 3 heterocycles. The number of amides is 1. The largest absolute Gasteiger partial charge is 0.444 e. The van der Waals surface area contributed by atoms with Crippen molar-refractivity contribution in [3.63, 3.8) is 0 Å². The first kappa shape index (κ1) is 17.9. The molecule has 0 aromatic heterocycles. The topological polar surface area (TPSA) is 44.8 Å². The van der Waals surface area contributed by atoms with Crippen molar-refractivity contribution in [2.75, 3.05) is 39.3 Å². The summed E-state index contributed by atoms with van der Waals surface area (Å²) in [5.74, 6) is -2.65. The van der Waals surface area contributed by atoms with Crippen LogP contribution < -0.4 is 5.32 Å². The van der Waals surface area contributed by atoms with E-state index < -0.39 is 17.6 Å². The highest BCUT2D eigenvalue weighted by molar-refractivity contribution is 5.69. The molecule has 24 heavy (non-hydrogen) atoms. The maximum Gasteiger partial charge on any atom is 0.410 e. The van der Waals surface area contributed by atoms with Crippen LogP contribution in [0.4, 0.5) is 13.6 Å². The van der Waals surface area contributed by atoms with Gasteiger partial charge in [-0.05, 0) is 59.7 Å². The first-order valence-corrected chi connectivity index (χ1v) is 8.91. The summed E-state index contributed by atoms with van der Waals surface area (Å²) >= 11 is 0. The van der Waals surface area contributed by atoms with Crippen LogP contribution in [0.2, 0.25) is 0 Å². The molecule has 1 amide bonds. The number of halogens is 2. The normalized spacial score (nSPS) is 30.0. The Kier molecular flexibility index (Phi) is 4.53. The molecule has 0 saturated carbocycles. The van der Waals surface area contributed by atoms with Gasteiger partial charge in [-0.25, -0.2) is 13.6 Å². The highest BCUT2D eigenvalue weighted by Gasteiger charge is 2.51. The molecular weight excluding hydrogens is 316 g/mol.